The summed E-state index contributed by atoms with van der Waals surface area (Å²) in [7, 11) is 0. The van der Waals surface area contributed by atoms with Crippen molar-refractivity contribution >= 4 is 18.0 Å². The minimum Gasteiger partial charge on any atom is -0.461 e. The molecule has 0 N–H and O–H groups in total. The van der Waals surface area contributed by atoms with E-state index < -0.39 is 30.2 Å². The molecular formula is C22H23NO6. The maximum absolute atomic E-state index is 12.7. The van der Waals surface area contributed by atoms with Crippen molar-refractivity contribution in [2.75, 3.05) is 6.54 Å². The first-order valence-corrected chi connectivity index (χ1v) is 9.44. The number of esters is 2. The summed E-state index contributed by atoms with van der Waals surface area (Å²) >= 11 is 0. The van der Waals surface area contributed by atoms with E-state index >= 15 is 0 Å². The fourth-order valence-corrected chi connectivity index (χ4v) is 3.19. The van der Waals surface area contributed by atoms with E-state index in [-0.39, 0.29) is 13.2 Å². The molecule has 0 unspecified atom stereocenters. The third kappa shape index (κ3) is 5.81. The average Bonchev–Trinajstić information content (AvgIpc) is 2.73. The van der Waals surface area contributed by atoms with Gasteiger partial charge in [0.05, 0.1) is 6.54 Å². The Balaban J connectivity index is 1.69. The van der Waals surface area contributed by atoms with Gasteiger partial charge in [0, 0.05) is 6.92 Å². The van der Waals surface area contributed by atoms with Gasteiger partial charge >= 0.3 is 18.0 Å². The van der Waals surface area contributed by atoms with Gasteiger partial charge in [-0.05, 0) is 30.5 Å². The molecule has 1 fully saturated rings. The summed E-state index contributed by atoms with van der Waals surface area (Å²) < 4.78 is 16.0. The summed E-state index contributed by atoms with van der Waals surface area (Å²) in [6.45, 7) is 1.46. The van der Waals surface area contributed by atoms with Crippen LogP contribution in [0.5, 0.6) is 5.75 Å². The highest BCUT2D eigenvalue weighted by Gasteiger charge is 2.39. The number of amides is 1. The second-order valence-electron chi connectivity index (χ2n) is 6.75. The fourth-order valence-electron chi connectivity index (χ4n) is 3.19. The standard InChI is InChI=1S/C22H23NO6/c1-16(24)28-19-12-13-20(21(25)29-18-10-6-3-7-11-18)23(14-19)22(26)27-15-17-8-4-2-5-9-17/h2-11,19-20H,12-15H2,1H3/t19-,20+/m1/s1. The molecular weight excluding hydrogens is 374 g/mol. The van der Waals surface area contributed by atoms with Gasteiger partial charge in [-0.25, -0.2) is 9.59 Å². The molecule has 1 aliphatic rings. The number of hydrogen-bond donors (Lipinski definition) is 0. The summed E-state index contributed by atoms with van der Waals surface area (Å²) in [6, 6.07) is 17.1. The molecule has 0 aliphatic carbocycles. The Labute approximate surface area is 169 Å². The van der Waals surface area contributed by atoms with Crippen molar-refractivity contribution in [2.24, 2.45) is 0 Å². The molecule has 3 rings (SSSR count). The zero-order valence-corrected chi connectivity index (χ0v) is 16.2. The lowest BCUT2D eigenvalue weighted by molar-refractivity contribution is -0.152. The van der Waals surface area contributed by atoms with Gasteiger partial charge in [0.1, 0.15) is 24.5 Å². The second kappa shape index (κ2) is 9.73. The zero-order valence-electron chi connectivity index (χ0n) is 16.2. The maximum atomic E-state index is 12.7. The zero-order chi connectivity index (χ0) is 20.6. The van der Waals surface area contributed by atoms with Gasteiger partial charge in [0.25, 0.3) is 0 Å². The van der Waals surface area contributed by atoms with Gasteiger partial charge in [-0.15, -0.1) is 0 Å². The van der Waals surface area contributed by atoms with Crippen LogP contribution in [-0.4, -0.2) is 41.6 Å². The molecule has 0 saturated carbocycles. The molecule has 2 atom stereocenters. The van der Waals surface area contributed by atoms with Gasteiger partial charge in [0.15, 0.2) is 0 Å². The predicted octanol–water partition coefficient (Wildman–Crippen LogP) is 3.32. The van der Waals surface area contributed by atoms with Crippen LogP contribution in [0.25, 0.3) is 0 Å². The molecule has 152 valence electrons. The first-order chi connectivity index (χ1) is 14.0. The Morgan fingerprint density at radius 1 is 0.966 bits per heavy atom. The Morgan fingerprint density at radius 2 is 1.62 bits per heavy atom. The van der Waals surface area contributed by atoms with E-state index in [9.17, 15) is 14.4 Å². The van der Waals surface area contributed by atoms with Crippen molar-refractivity contribution in [2.45, 2.75) is 38.5 Å². The van der Waals surface area contributed by atoms with Crippen LogP contribution in [0.3, 0.4) is 0 Å². The highest BCUT2D eigenvalue weighted by atomic mass is 16.6. The van der Waals surface area contributed by atoms with Crippen LogP contribution in [0, 0.1) is 0 Å². The van der Waals surface area contributed by atoms with E-state index in [0.29, 0.717) is 18.6 Å². The lowest BCUT2D eigenvalue weighted by atomic mass is 10.0. The molecule has 7 nitrogen and oxygen atoms in total. The van der Waals surface area contributed by atoms with Gasteiger partial charge < -0.3 is 14.2 Å². The summed E-state index contributed by atoms with van der Waals surface area (Å²) in [4.78, 5) is 38.0. The summed E-state index contributed by atoms with van der Waals surface area (Å²) in [6.07, 6.45) is -0.376. The van der Waals surface area contributed by atoms with Crippen LogP contribution in [0.1, 0.15) is 25.3 Å². The van der Waals surface area contributed by atoms with Gasteiger partial charge in [0.2, 0.25) is 0 Å². The fraction of sp³-hybridized carbons (Fsp3) is 0.318. The first kappa shape index (κ1) is 20.4. The number of piperidine rings is 1. The molecule has 2 aromatic carbocycles. The molecule has 0 aromatic heterocycles. The molecule has 0 spiro atoms. The smallest absolute Gasteiger partial charge is 0.410 e. The quantitative estimate of drug-likeness (QED) is 0.569. The first-order valence-electron chi connectivity index (χ1n) is 9.44. The number of para-hydroxylation sites is 1. The van der Waals surface area contributed by atoms with E-state index in [2.05, 4.69) is 0 Å². The maximum Gasteiger partial charge on any atom is 0.410 e. The SMILES string of the molecule is CC(=O)O[C@@H]1CC[C@@H](C(=O)Oc2ccccc2)N(C(=O)OCc2ccccc2)C1. The summed E-state index contributed by atoms with van der Waals surface area (Å²) in [5.74, 6) is -0.579. The minimum atomic E-state index is -0.815. The van der Waals surface area contributed by atoms with E-state index in [4.69, 9.17) is 14.2 Å². The molecule has 29 heavy (non-hydrogen) atoms. The van der Waals surface area contributed by atoms with Crippen LogP contribution >= 0.6 is 0 Å². The molecule has 1 saturated heterocycles. The number of nitrogens with zero attached hydrogens (tertiary/aromatic N) is 1. The average molecular weight is 397 g/mol. The van der Waals surface area contributed by atoms with Crippen LogP contribution in [-0.2, 0) is 25.7 Å². The molecule has 2 aromatic rings. The molecule has 1 aliphatic heterocycles. The van der Waals surface area contributed by atoms with Crippen molar-refractivity contribution in [1.29, 1.82) is 0 Å². The Morgan fingerprint density at radius 3 is 2.28 bits per heavy atom. The topological polar surface area (TPSA) is 82.1 Å². The van der Waals surface area contributed by atoms with Crippen molar-refractivity contribution in [3.63, 3.8) is 0 Å². The summed E-state index contributed by atoms with van der Waals surface area (Å²) in [5.41, 5.74) is 0.831. The normalized spacial score (nSPS) is 18.6. The molecule has 1 amide bonds. The van der Waals surface area contributed by atoms with Crippen LogP contribution < -0.4 is 4.74 Å². The highest BCUT2D eigenvalue weighted by Crippen LogP contribution is 2.23. The largest absolute Gasteiger partial charge is 0.461 e. The van der Waals surface area contributed by atoms with Crippen molar-refractivity contribution in [1.82, 2.24) is 4.90 Å². The summed E-state index contributed by atoms with van der Waals surface area (Å²) in [5, 5.41) is 0. The van der Waals surface area contributed by atoms with E-state index in [1.165, 1.54) is 11.8 Å². The van der Waals surface area contributed by atoms with Crippen LogP contribution in [0.15, 0.2) is 60.7 Å². The Bertz CT molecular complexity index is 839. The number of hydrogen-bond acceptors (Lipinski definition) is 6. The van der Waals surface area contributed by atoms with Gasteiger partial charge in [-0.2, -0.15) is 0 Å². The van der Waals surface area contributed by atoms with Crippen LogP contribution in [0.4, 0.5) is 4.79 Å². The van der Waals surface area contributed by atoms with Gasteiger partial charge in [-0.1, -0.05) is 48.5 Å². The molecule has 1 heterocycles. The number of carbonyl (C=O) groups excluding carboxylic acids is 3. The van der Waals surface area contributed by atoms with Crippen molar-refractivity contribution in [3.05, 3.63) is 66.2 Å². The monoisotopic (exact) mass is 397 g/mol. The van der Waals surface area contributed by atoms with E-state index in [1.54, 1.807) is 24.3 Å². The third-order valence-electron chi connectivity index (χ3n) is 4.54. The minimum absolute atomic E-state index is 0.0712. The van der Waals surface area contributed by atoms with Crippen molar-refractivity contribution < 1.29 is 28.6 Å². The third-order valence-corrected chi connectivity index (χ3v) is 4.54. The Hall–Kier alpha value is -3.35. The second-order valence-corrected chi connectivity index (χ2v) is 6.75. The number of ether oxygens (including phenoxy) is 3. The van der Waals surface area contributed by atoms with Crippen LogP contribution in [0.2, 0.25) is 0 Å². The number of rotatable bonds is 5. The number of likely N-dealkylation sites (tertiary alicyclic amines) is 1. The van der Waals surface area contributed by atoms with Crippen molar-refractivity contribution in [3.8, 4) is 5.75 Å². The van der Waals surface area contributed by atoms with E-state index in [0.717, 1.165) is 5.56 Å². The van der Waals surface area contributed by atoms with Gasteiger partial charge in [-0.3, -0.25) is 9.69 Å². The molecule has 0 bridgehead atoms. The molecule has 0 radical (unpaired) electrons. The van der Waals surface area contributed by atoms with E-state index in [1.807, 2.05) is 36.4 Å². The number of carbonyl (C=O) groups is 3. The Kier molecular flexibility index (Phi) is 6.84. The number of benzene rings is 2. The highest BCUT2D eigenvalue weighted by molar-refractivity contribution is 5.83. The predicted molar refractivity (Wildman–Crippen MR) is 104 cm³/mol. The molecule has 7 heteroatoms. The lowest BCUT2D eigenvalue weighted by Gasteiger charge is -2.36. The lowest BCUT2D eigenvalue weighted by Crippen LogP contribution is -2.54.